The molecule has 1 saturated heterocycles. The van der Waals surface area contributed by atoms with Gasteiger partial charge in [0.1, 0.15) is 0 Å². The van der Waals surface area contributed by atoms with Crippen LogP contribution in [-0.4, -0.2) is 47.1 Å². The summed E-state index contributed by atoms with van der Waals surface area (Å²) in [6.45, 7) is 2.95. The number of hydrogen-bond donors (Lipinski definition) is 0. The Morgan fingerprint density at radius 1 is 0.853 bits per heavy atom. The second-order valence-corrected chi connectivity index (χ2v) is 8.74. The molecule has 1 aliphatic rings. The first-order valence-electron chi connectivity index (χ1n) is 11.4. The number of aromatic nitrogens is 2. The molecule has 0 unspecified atom stereocenters. The molecule has 34 heavy (non-hydrogen) atoms. The largest absolute Gasteiger partial charge is 0.368 e. The second-order valence-electron chi connectivity index (χ2n) is 8.30. The molecule has 1 fully saturated rings. The summed E-state index contributed by atoms with van der Waals surface area (Å²) in [5.74, 6) is 1.13. The van der Waals surface area contributed by atoms with E-state index < -0.39 is 0 Å². The molecule has 0 aliphatic carbocycles. The van der Waals surface area contributed by atoms with Crippen LogP contribution in [0.4, 0.5) is 5.69 Å². The number of carbonyl (C=O) groups is 1. The van der Waals surface area contributed by atoms with Crippen molar-refractivity contribution in [2.45, 2.75) is 12.8 Å². The van der Waals surface area contributed by atoms with Crippen LogP contribution in [0.15, 0.2) is 83.4 Å². The van der Waals surface area contributed by atoms with Crippen molar-refractivity contribution in [3.63, 3.8) is 0 Å². The van der Waals surface area contributed by atoms with E-state index >= 15 is 0 Å². The molecule has 3 aromatic carbocycles. The molecule has 0 radical (unpaired) electrons. The summed E-state index contributed by atoms with van der Waals surface area (Å²) in [6.07, 6.45) is 0.786. The van der Waals surface area contributed by atoms with E-state index in [1.807, 2.05) is 71.6 Å². The lowest BCUT2D eigenvalue weighted by molar-refractivity contribution is -0.131. The minimum Gasteiger partial charge on any atom is -0.368 e. The molecular formula is C27H25ClN4O2. The van der Waals surface area contributed by atoms with Crippen LogP contribution in [0.3, 0.4) is 0 Å². The Bertz CT molecular complexity index is 1250. The van der Waals surface area contributed by atoms with Crippen LogP contribution in [0.5, 0.6) is 0 Å². The van der Waals surface area contributed by atoms with Gasteiger partial charge in [0.25, 0.3) is 0 Å². The zero-order valence-corrected chi connectivity index (χ0v) is 19.5. The van der Waals surface area contributed by atoms with Gasteiger partial charge in [0.15, 0.2) is 0 Å². The maximum absolute atomic E-state index is 12.7. The standard InChI is InChI=1S/C27H25ClN4O2/c28-23-7-4-8-24(19-23)31-15-17-32(18-16-31)26(33)14-13-25-29-27(30-34-25)22-11-9-21(10-12-22)20-5-2-1-3-6-20/h1-12,19H,13-18H2. The van der Waals surface area contributed by atoms with E-state index in [1.54, 1.807) is 0 Å². The number of nitrogens with zero attached hydrogens (tertiary/aromatic N) is 4. The molecule has 0 N–H and O–H groups in total. The summed E-state index contributed by atoms with van der Waals surface area (Å²) in [5.41, 5.74) is 4.27. The normalized spacial score (nSPS) is 13.8. The smallest absolute Gasteiger partial charge is 0.227 e. The molecule has 0 saturated carbocycles. The van der Waals surface area contributed by atoms with Crippen molar-refractivity contribution in [3.8, 4) is 22.5 Å². The van der Waals surface area contributed by atoms with Crippen molar-refractivity contribution >= 4 is 23.2 Å². The zero-order valence-electron chi connectivity index (χ0n) is 18.7. The number of benzene rings is 3. The predicted octanol–water partition coefficient (Wildman–Crippen LogP) is 5.34. The summed E-state index contributed by atoms with van der Waals surface area (Å²) in [5, 5.41) is 4.83. The van der Waals surface area contributed by atoms with Crippen LogP contribution in [0.2, 0.25) is 5.02 Å². The van der Waals surface area contributed by atoms with E-state index in [2.05, 4.69) is 27.2 Å². The second kappa shape index (κ2) is 10.1. The summed E-state index contributed by atoms with van der Waals surface area (Å²) in [6, 6.07) is 26.1. The van der Waals surface area contributed by atoms with Crippen LogP contribution < -0.4 is 4.90 Å². The quantitative estimate of drug-likeness (QED) is 0.379. The molecule has 0 atom stereocenters. The van der Waals surface area contributed by atoms with Crippen LogP contribution in [0.1, 0.15) is 12.3 Å². The van der Waals surface area contributed by atoms with E-state index in [1.165, 1.54) is 0 Å². The van der Waals surface area contributed by atoms with Gasteiger partial charge in [-0.05, 0) is 29.3 Å². The van der Waals surface area contributed by atoms with Crippen molar-refractivity contribution < 1.29 is 9.32 Å². The van der Waals surface area contributed by atoms with Crippen molar-refractivity contribution in [2.24, 2.45) is 0 Å². The fourth-order valence-corrected chi connectivity index (χ4v) is 4.36. The van der Waals surface area contributed by atoms with Crippen molar-refractivity contribution in [1.82, 2.24) is 15.0 Å². The molecule has 1 amide bonds. The van der Waals surface area contributed by atoms with Crippen molar-refractivity contribution in [1.29, 1.82) is 0 Å². The zero-order chi connectivity index (χ0) is 23.3. The lowest BCUT2D eigenvalue weighted by Crippen LogP contribution is -2.48. The van der Waals surface area contributed by atoms with Crippen LogP contribution in [0, 0.1) is 0 Å². The van der Waals surface area contributed by atoms with Gasteiger partial charge in [-0.25, -0.2) is 0 Å². The fraction of sp³-hybridized carbons (Fsp3) is 0.222. The average Bonchev–Trinajstić information content (AvgIpc) is 3.37. The van der Waals surface area contributed by atoms with Gasteiger partial charge in [0, 0.05) is 55.3 Å². The molecule has 1 aliphatic heterocycles. The third-order valence-corrected chi connectivity index (χ3v) is 6.31. The molecular weight excluding hydrogens is 448 g/mol. The third-order valence-electron chi connectivity index (χ3n) is 6.08. The highest BCUT2D eigenvalue weighted by atomic mass is 35.5. The topological polar surface area (TPSA) is 62.5 Å². The number of amides is 1. The monoisotopic (exact) mass is 472 g/mol. The maximum Gasteiger partial charge on any atom is 0.227 e. The van der Waals surface area contributed by atoms with Gasteiger partial charge in [0.05, 0.1) is 0 Å². The minimum atomic E-state index is 0.109. The number of anilines is 1. The van der Waals surface area contributed by atoms with Gasteiger partial charge in [-0.15, -0.1) is 0 Å². The van der Waals surface area contributed by atoms with Crippen LogP contribution in [0.25, 0.3) is 22.5 Å². The van der Waals surface area contributed by atoms with E-state index in [0.29, 0.717) is 37.6 Å². The number of halogens is 1. The summed E-state index contributed by atoms with van der Waals surface area (Å²) in [4.78, 5) is 21.4. The van der Waals surface area contributed by atoms with E-state index in [0.717, 1.165) is 40.5 Å². The number of aryl methyl sites for hydroxylation is 1. The Morgan fingerprint density at radius 2 is 1.56 bits per heavy atom. The van der Waals surface area contributed by atoms with E-state index in [-0.39, 0.29) is 5.91 Å². The predicted molar refractivity (Wildman–Crippen MR) is 134 cm³/mol. The molecule has 4 aromatic rings. The van der Waals surface area contributed by atoms with Crippen molar-refractivity contribution in [2.75, 3.05) is 31.1 Å². The van der Waals surface area contributed by atoms with Crippen molar-refractivity contribution in [3.05, 3.63) is 89.8 Å². The molecule has 0 spiro atoms. The van der Waals surface area contributed by atoms with Gasteiger partial charge in [-0.1, -0.05) is 77.4 Å². The molecule has 7 heteroatoms. The lowest BCUT2D eigenvalue weighted by atomic mass is 10.0. The van der Waals surface area contributed by atoms with E-state index in [4.69, 9.17) is 16.1 Å². The molecule has 6 nitrogen and oxygen atoms in total. The lowest BCUT2D eigenvalue weighted by Gasteiger charge is -2.36. The van der Waals surface area contributed by atoms with Gasteiger partial charge < -0.3 is 14.3 Å². The highest BCUT2D eigenvalue weighted by molar-refractivity contribution is 6.30. The molecule has 5 rings (SSSR count). The summed E-state index contributed by atoms with van der Waals surface area (Å²) >= 11 is 6.10. The Kier molecular flexibility index (Phi) is 6.58. The van der Waals surface area contributed by atoms with Gasteiger partial charge >= 0.3 is 0 Å². The first-order chi connectivity index (χ1) is 16.7. The fourth-order valence-electron chi connectivity index (χ4n) is 4.17. The molecule has 1 aromatic heterocycles. The molecule has 0 bridgehead atoms. The van der Waals surface area contributed by atoms with Crippen LogP contribution >= 0.6 is 11.6 Å². The molecule has 2 heterocycles. The van der Waals surface area contributed by atoms with Gasteiger partial charge in [-0.2, -0.15) is 4.98 Å². The Morgan fingerprint density at radius 3 is 2.29 bits per heavy atom. The number of piperazine rings is 1. The summed E-state index contributed by atoms with van der Waals surface area (Å²) < 4.78 is 5.41. The first-order valence-corrected chi connectivity index (χ1v) is 11.8. The highest BCUT2D eigenvalue weighted by Gasteiger charge is 2.22. The maximum atomic E-state index is 12.7. The Hall–Kier alpha value is -3.64. The third kappa shape index (κ3) is 5.13. The average molecular weight is 473 g/mol. The number of carbonyl (C=O) groups excluding carboxylic acids is 1. The number of rotatable bonds is 6. The van der Waals surface area contributed by atoms with Crippen LogP contribution in [-0.2, 0) is 11.2 Å². The Balaban J connectivity index is 1.13. The molecule has 172 valence electrons. The van der Waals surface area contributed by atoms with Gasteiger partial charge in [0.2, 0.25) is 17.6 Å². The highest BCUT2D eigenvalue weighted by Crippen LogP contribution is 2.24. The minimum absolute atomic E-state index is 0.109. The van der Waals surface area contributed by atoms with Gasteiger partial charge in [-0.3, -0.25) is 4.79 Å². The SMILES string of the molecule is O=C(CCc1nc(-c2ccc(-c3ccccc3)cc2)no1)N1CCN(c2cccc(Cl)c2)CC1. The number of hydrogen-bond acceptors (Lipinski definition) is 5. The van der Waals surface area contributed by atoms with E-state index in [9.17, 15) is 4.79 Å². The first kappa shape index (κ1) is 22.2. The summed E-state index contributed by atoms with van der Waals surface area (Å²) in [7, 11) is 0. The Labute approximate surface area is 203 Å².